The van der Waals surface area contributed by atoms with Crippen molar-refractivity contribution in [2.45, 2.75) is 4.90 Å². The highest BCUT2D eigenvalue weighted by Gasteiger charge is 2.20. The van der Waals surface area contributed by atoms with Gasteiger partial charge in [-0.15, -0.1) is 11.3 Å². The van der Waals surface area contributed by atoms with Crippen LogP contribution in [0.5, 0.6) is 0 Å². The number of carbonyl (C=O) groups is 1. The van der Waals surface area contributed by atoms with Gasteiger partial charge in [0.2, 0.25) is 0 Å². The molecule has 0 aliphatic rings. The molecule has 2 rings (SSSR count). The third kappa shape index (κ3) is 3.09. The Morgan fingerprint density at radius 2 is 2.05 bits per heavy atom. The Hall–Kier alpha value is -1.64. The van der Waals surface area contributed by atoms with E-state index in [1.54, 1.807) is 0 Å². The van der Waals surface area contributed by atoms with Gasteiger partial charge in [-0.25, -0.2) is 17.6 Å². The zero-order chi connectivity index (χ0) is 14.9. The van der Waals surface area contributed by atoms with E-state index in [0.717, 1.165) is 34.9 Å². The van der Waals surface area contributed by atoms with E-state index in [-0.39, 0.29) is 20.5 Å². The van der Waals surface area contributed by atoms with E-state index in [0.29, 0.717) is 0 Å². The lowest BCUT2D eigenvalue weighted by molar-refractivity contribution is 0.0702. The zero-order valence-electron chi connectivity index (χ0n) is 9.63. The number of aromatic carboxylic acids is 1. The SMILES string of the molecule is O=C(O)c1cc(S(=O)(=O)Nc2cc(Cl)ccc2F)cs1. The summed E-state index contributed by atoms with van der Waals surface area (Å²) in [6, 6.07) is 4.43. The molecule has 0 saturated heterocycles. The van der Waals surface area contributed by atoms with Crippen LogP contribution in [-0.4, -0.2) is 19.5 Å². The number of anilines is 1. The first-order valence-corrected chi connectivity index (χ1v) is 7.83. The maximum atomic E-state index is 13.5. The van der Waals surface area contributed by atoms with Gasteiger partial charge in [0.15, 0.2) is 0 Å². The van der Waals surface area contributed by atoms with Crippen LogP contribution in [0.3, 0.4) is 0 Å². The summed E-state index contributed by atoms with van der Waals surface area (Å²) < 4.78 is 39.5. The third-order valence-corrected chi connectivity index (χ3v) is 4.92. The molecule has 0 unspecified atom stereocenters. The average molecular weight is 336 g/mol. The van der Waals surface area contributed by atoms with E-state index in [2.05, 4.69) is 0 Å². The molecule has 0 saturated carbocycles. The van der Waals surface area contributed by atoms with Crippen LogP contribution in [0.15, 0.2) is 34.5 Å². The molecule has 2 aromatic rings. The van der Waals surface area contributed by atoms with Crippen molar-refractivity contribution < 1.29 is 22.7 Å². The molecule has 0 spiro atoms. The van der Waals surface area contributed by atoms with Crippen molar-refractivity contribution in [1.29, 1.82) is 0 Å². The fraction of sp³-hybridized carbons (Fsp3) is 0. The third-order valence-electron chi connectivity index (χ3n) is 2.27. The first kappa shape index (κ1) is 14.8. The predicted molar refractivity (Wildman–Crippen MR) is 73.5 cm³/mol. The minimum Gasteiger partial charge on any atom is -0.477 e. The first-order valence-electron chi connectivity index (χ1n) is 5.09. The molecule has 0 radical (unpaired) electrons. The van der Waals surface area contributed by atoms with Gasteiger partial charge < -0.3 is 5.11 Å². The largest absolute Gasteiger partial charge is 0.477 e. The highest BCUT2D eigenvalue weighted by molar-refractivity contribution is 7.92. The number of sulfonamides is 1. The number of nitrogens with one attached hydrogen (secondary N) is 1. The van der Waals surface area contributed by atoms with E-state index in [1.165, 1.54) is 6.07 Å². The van der Waals surface area contributed by atoms with Crippen LogP contribution in [-0.2, 0) is 10.0 Å². The molecule has 0 bridgehead atoms. The van der Waals surface area contributed by atoms with Crippen molar-refractivity contribution in [3.63, 3.8) is 0 Å². The van der Waals surface area contributed by atoms with Gasteiger partial charge in [0.25, 0.3) is 10.0 Å². The summed E-state index contributed by atoms with van der Waals surface area (Å²) in [6.45, 7) is 0. The summed E-state index contributed by atoms with van der Waals surface area (Å²) in [4.78, 5) is 10.3. The molecule has 106 valence electrons. The van der Waals surface area contributed by atoms with Crippen LogP contribution < -0.4 is 4.72 Å². The molecule has 20 heavy (non-hydrogen) atoms. The molecule has 0 aliphatic heterocycles. The highest BCUT2D eigenvalue weighted by Crippen LogP contribution is 2.25. The minimum atomic E-state index is -4.07. The molecular weight excluding hydrogens is 329 g/mol. The van der Waals surface area contributed by atoms with Crippen molar-refractivity contribution in [3.05, 3.63) is 45.4 Å². The van der Waals surface area contributed by atoms with E-state index >= 15 is 0 Å². The van der Waals surface area contributed by atoms with Gasteiger partial charge in [-0.3, -0.25) is 4.72 Å². The van der Waals surface area contributed by atoms with Crippen LogP contribution in [0.1, 0.15) is 9.67 Å². The Kier molecular flexibility index (Phi) is 3.98. The zero-order valence-corrected chi connectivity index (χ0v) is 12.0. The summed E-state index contributed by atoms with van der Waals surface area (Å²) in [5, 5.41) is 10.1. The topological polar surface area (TPSA) is 83.5 Å². The van der Waals surface area contributed by atoms with Gasteiger partial charge >= 0.3 is 5.97 Å². The van der Waals surface area contributed by atoms with Gasteiger partial charge in [-0.05, 0) is 24.3 Å². The maximum absolute atomic E-state index is 13.5. The van der Waals surface area contributed by atoms with Crippen molar-refractivity contribution in [1.82, 2.24) is 0 Å². The van der Waals surface area contributed by atoms with Gasteiger partial charge in [0, 0.05) is 10.4 Å². The van der Waals surface area contributed by atoms with Crippen LogP contribution in [0.4, 0.5) is 10.1 Å². The number of hydrogen-bond donors (Lipinski definition) is 2. The van der Waals surface area contributed by atoms with Crippen molar-refractivity contribution in [3.8, 4) is 0 Å². The number of carboxylic acid groups (broad SMARTS) is 1. The fourth-order valence-corrected chi connectivity index (χ4v) is 3.69. The van der Waals surface area contributed by atoms with E-state index in [1.807, 2.05) is 4.72 Å². The van der Waals surface area contributed by atoms with Crippen LogP contribution in [0.2, 0.25) is 5.02 Å². The normalized spacial score (nSPS) is 11.3. The number of thiophene rings is 1. The monoisotopic (exact) mass is 335 g/mol. The lowest BCUT2D eigenvalue weighted by Crippen LogP contribution is -2.13. The second-order valence-electron chi connectivity index (χ2n) is 3.68. The smallest absolute Gasteiger partial charge is 0.345 e. The molecule has 5 nitrogen and oxygen atoms in total. The van der Waals surface area contributed by atoms with Crippen LogP contribution >= 0.6 is 22.9 Å². The van der Waals surface area contributed by atoms with Gasteiger partial charge in [-0.2, -0.15) is 0 Å². The summed E-state index contributed by atoms with van der Waals surface area (Å²) >= 11 is 6.42. The van der Waals surface area contributed by atoms with Crippen molar-refractivity contribution >= 4 is 44.6 Å². The summed E-state index contributed by atoms with van der Waals surface area (Å²) in [7, 11) is -4.07. The second-order valence-corrected chi connectivity index (χ2v) is 6.71. The molecule has 9 heteroatoms. The van der Waals surface area contributed by atoms with Crippen molar-refractivity contribution in [2.75, 3.05) is 4.72 Å². The second kappa shape index (κ2) is 5.39. The van der Waals surface area contributed by atoms with Crippen molar-refractivity contribution in [2.24, 2.45) is 0 Å². The number of carboxylic acids is 1. The quantitative estimate of drug-likeness (QED) is 0.899. The Bertz CT molecular complexity index is 772. The van der Waals surface area contributed by atoms with Crippen LogP contribution in [0, 0.1) is 5.82 Å². The number of halogens is 2. The average Bonchev–Trinajstić information content (AvgIpc) is 2.84. The molecule has 1 heterocycles. The highest BCUT2D eigenvalue weighted by atomic mass is 35.5. The number of benzene rings is 1. The standard InChI is InChI=1S/C11H7ClFNO4S2/c12-6-1-2-8(13)9(3-6)14-20(17,18)7-4-10(11(15)16)19-5-7/h1-5,14H,(H,15,16). The molecular formula is C11H7ClFNO4S2. The van der Waals surface area contributed by atoms with Gasteiger partial charge in [-0.1, -0.05) is 11.6 Å². The Balaban J connectivity index is 2.35. The van der Waals surface area contributed by atoms with E-state index in [4.69, 9.17) is 16.7 Å². The predicted octanol–water partition coefficient (Wildman–Crippen LogP) is 3.04. The minimum absolute atomic E-state index is 0.128. The molecule has 2 N–H and O–H groups in total. The Morgan fingerprint density at radius 3 is 2.65 bits per heavy atom. The van der Waals surface area contributed by atoms with Crippen LogP contribution in [0.25, 0.3) is 0 Å². The molecule has 1 aromatic carbocycles. The molecule has 0 aliphatic carbocycles. The van der Waals surface area contributed by atoms with Gasteiger partial charge in [0.1, 0.15) is 10.7 Å². The Morgan fingerprint density at radius 1 is 1.35 bits per heavy atom. The van der Waals surface area contributed by atoms with Gasteiger partial charge in [0.05, 0.1) is 10.6 Å². The summed E-state index contributed by atoms with van der Waals surface area (Å²) in [5.74, 6) is -2.02. The summed E-state index contributed by atoms with van der Waals surface area (Å²) in [6.07, 6.45) is 0. The lowest BCUT2D eigenvalue weighted by Gasteiger charge is -2.07. The summed E-state index contributed by atoms with van der Waals surface area (Å²) in [5.41, 5.74) is -0.305. The fourth-order valence-electron chi connectivity index (χ4n) is 1.35. The molecule has 1 aromatic heterocycles. The molecule has 0 amide bonds. The first-order chi connectivity index (χ1) is 9.29. The van der Waals surface area contributed by atoms with E-state index < -0.39 is 21.8 Å². The number of hydrogen-bond acceptors (Lipinski definition) is 4. The molecule has 0 fully saturated rings. The van der Waals surface area contributed by atoms with E-state index in [9.17, 15) is 17.6 Å². The Labute approximate surface area is 122 Å². The molecule has 0 atom stereocenters. The number of rotatable bonds is 4. The lowest BCUT2D eigenvalue weighted by atomic mass is 10.3. The maximum Gasteiger partial charge on any atom is 0.345 e.